The fourth-order valence-corrected chi connectivity index (χ4v) is 3.05. The maximum absolute atomic E-state index is 3.78. The lowest BCUT2D eigenvalue weighted by atomic mass is 9.98. The molecule has 0 aromatic carbocycles. The van der Waals surface area contributed by atoms with Crippen molar-refractivity contribution in [2.75, 3.05) is 13.6 Å². The van der Waals surface area contributed by atoms with Crippen LogP contribution in [0.3, 0.4) is 0 Å². The highest BCUT2D eigenvalue weighted by molar-refractivity contribution is 4.95. The quantitative estimate of drug-likeness (QED) is 0.550. The van der Waals surface area contributed by atoms with Crippen LogP contribution in [0.15, 0.2) is 12.7 Å². The van der Waals surface area contributed by atoms with Gasteiger partial charge in [0.1, 0.15) is 0 Å². The maximum Gasteiger partial charge on any atom is 0.0122 e. The molecule has 2 fully saturated rings. The van der Waals surface area contributed by atoms with Gasteiger partial charge in [0.25, 0.3) is 0 Å². The minimum absolute atomic E-state index is 0.815. The van der Waals surface area contributed by atoms with Gasteiger partial charge in [-0.15, -0.1) is 6.58 Å². The first-order valence-electron chi connectivity index (χ1n) is 6.36. The van der Waals surface area contributed by atoms with E-state index in [1.165, 1.54) is 38.6 Å². The molecular weight excluding hydrogens is 184 g/mol. The van der Waals surface area contributed by atoms with E-state index in [-0.39, 0.29) is 0 Å². The van der Waals surface area contributed by atoms with Gasteiger partial charge in [0.05, 0.1) is 0 Å². The topological polar surface area (TPSA) is 15.3 Å². The molecule has 2 atom stereocenters. The fraction of sp³-hybridized carbons (Fsp3) is 0.846. The molecule has 2 unspecified atom stereocenters. The summed E-state index contributed by atoms with van der Waals surface area (Å²) >= 11 is 0. The molecule has 1 N–H and O–H groups in total. The Morgan fingerprint density at radius 1 is 1.33 bits per heavy atom. The van der Waals surface area contributed by atoms with Crippen LogP contribution in [0.2, 0.25) is 0 Å². The summed E-state index contributed by atoms with van der Waals surface area (Å²) in [5.41, 5.74) is 0. The number of unbranched alkanes of at least 4 members (excludes halogenated alkanes) is 1. The van der Waals surface area contributed by atoms with Crippen molar-refractivity contribution >= 4 is 0 Å². The molecule has 2 heterocycles. The molecule has 0 radical (unpaired) electrons. The largest absolute Gasteiger partial charge is 0.311 e. The van der Waals surface area contributed by atoms with Crippen LogP contribution in [0.4, 0.5) is 0 Å². The predicted octanol–water partition coefficient (Wildman–Crippen LogP) is 2.17. The van der Waals surface area contributed by atoms with Crippen LogP contribution in [0.25, 0.3) is 0 Å². The van der Waals surface area contributed by atoms with E-state index < -0.39 is 0 Å². The predicted molar refractivity (Wildman–Crippen MR) is 65.0 cm³/mol. The smallest absolute Gasteiger partial charge is 0.0122 e. The van der Waals surface area contributed by atoms with Gasteiger partial charge in [0, 0.05) is 18.1 Å². The lowest BCUT2D eigenvalue weighted by Crippen LogP contribution is -2.47. The van der Waals surface area contributed by atoms with Gasteiger partial charge in [-0.05, 0) is 52.1 Å². The number of rotatable bonds is 5. The van der Waals surface area contributed by atoms with Crippen molar-refractivity contribution in [3.63, 3.8) is 0 Å². The molecule has 0 aromatic rings. The Hall–Kier alpha value is -0.340. The van der Waals surface area contributed by atoms with Crippen LogP contribution in [-0.2, 0) is 0 Å². The van der Waals surface area contributed by atoms with Gasteiger partial charge < -0.3 is 10.2 Å². The zero-order valence-electron chi connectivity index (χ0n) is 9.91. The van der Waals surface area contributed by atoms with Crippen molar-refractivity contribution in [1.29, 1.82) is 0 Å². The van der Waals surface area contributed by atoms with Crippen LogP contribution in [-0.4, -0.2) is 36.6 Å². The lowest BCUT2D eigenvalue weighted by molar-refractivity contribution is 0.171. The van der Waals surface area contributed by atoms with Crippen LogP contribution < -0.4 is 5.32 Å². The summed E-state index contributed by atoms with van der Waals surface area (Å²) in [6.07, 6.45) is 9.98. The van der Waals surface area contributed by atoms with Crippen molar-refractivity contribution in [2.45, 2.75) is 56.7 Å². The summed E-state index contributed by atoms with van der Waals surface area (Å²) in [6.45, 7) is 5.01. The Bertz CT molecular complexity index is 203. The molecule has 0 saturated carbocycles. The molecule has 2 nitrogen and oxygen atoms in total. The van der Waals surface area contributed by atoms with Gasteiger partial charge in [-0.2, -0.15) is 0 Å². The van der Waals surface area contributed by atoms with Crippen molar-refractivity contribution in [3.05, 3.63) is 12.7 Å². The molecular formula is C13H24N2. The Kier molecular flexibility index (Phi) is 3.81. The highest BCUT2D eigenvalue weighted by Gasteiger charge is 2.34. The number of nitrogens with zero attached hydrogens (tertiary/aromatic N) is 1. The molecule has 2 bridgehead atoms. The third kappa shape index (κ3) is 2.82. The number of nitrogens with one attached hydrogen (secondary N) is 1. The number of hydrogen-bond acceptors (Lipinski definition) is 2. The first-order chi connectivity index (χ1) is 7.29. The molecule has 2 heteroatoms. The summed E-state index contributed by atoms with van der Waals surface area (Å²) < 4.78 is 0. The Balaban J connectivity index is 1.75. The SMILES string of the molecule is C=CCCCN(C)C1CC2CCC(C1)N2. The van der Waals surface area contributed by atoms with Gasteiger partial charge in [-0.25, -0.2) is 0 Å². The number of piperidine rings is 1. The van der Waals surface area contributed by atoms with Crippen molar-refractivity contribution < 1.29 is 0 Å². The van der Waals surface area contributed by atoms with E-state index >= 15 is 0 Å². The fourth-order valence-electron chi connectivity index (χ4n) is 3.05. The Labute approximate surface area is 93.7 Å². The second kappa shape index (κ2) is 5.13. The molecule has 15 heavy (non-hydrogen) atoms. The molecule has 0 aliphatic carbocycles. The monoisotopic (exact) mass is 208 g/mol. The van der Waals surface area contributed by atoms with Gasteiger partial charge in [-0.3, -0.25) is 0 Å². The lowest BCUT2D eigenvalue weighted by Gasteiger charge is -2.35. The third-order valence-electron chi connectivity index (χ3n) is 3.99. The van der Waals surface area contributed by atoms with Crippen LogP contribution in [0.1, 0.15) is 38.5 Å². The van der Waals surface area contributed by atoms with E-state index in [9.17, 15) is 0 Å². The summed E-state index contributed by atoms with van der Waals surface area (Å²) in [7, 11) is 2.29. The van der Waals surface area contributed by atoms with E-state index in [1.807, 2.05) is 6.08 Å². The summed E-state index contributed by atoms with van der Waals surface area (Å²) in [5, 5.41) is 3.70. The van der Waals surface area contributed by atoms with Gasteiger partial charge in [0.15, 0.2) is 0 Å². The minimum atomic E-state index is 0.815. The normalized spacial score (nSPS) is 34.7. The Morgan fingerprint density at radius 3 is 2.60 bits per heavy atom. The second-order valence-electron chi connectivity index (χ2n) is 5.17. The molecule has 0 aromatic heterocycles. The second-order valence-corrected chi connectivity index (χ2v) is 5.17. The summed E-state index contributed by atoms with van der Waals surface area (Å²) in [6, 6.07) is 2.46. The van der Waals surface area contributed by atoms with E-state index in [0.29, 0.717) is 0 Å². The van der Waals surface area contributed by atoms with Gasteiger partial charge in [-0.1, -0.05) is 6.08 Å². The molecule has 2 aliphatic heterocycles. The minimum Gasteiger partial charge on any atom is -0.311 e. The van der Waals surface area contributed by atoms with Gasteiger partial charge in [0.2, 0.25) is 0 Å². The van der Waals surface area contributed by atoms with Crippen LogP contribution in [0, 0.1) is 0 Å². The first kappa shape index (κ1) is 11.2. The van der Waals surface area contributed by atoms with Crippen LogP contribution >= 0.6 is 0 Å². The van der Waals surface area contributed by atoms with E-state index in [2.05, 4.69) is 23.8 Å². The standard InChI is InChI=1S/C13H24N2/c1-3-4-5-8-15(2)13-9-11-6-7-12(10-13)14-11/h3,11-14H,1,4-10H2,2H3. The zero-order chi connectivity index (χ0) is 10.7. The van der Waals surface area contributed by atoms with E-state index in [1.54, 1.807) is 0 Å². The zero-order valence-corrected chi connectivity index (χ0v) is 9.91. The average Bonchev–Trinajstić information content (AvgIpc) is 2.58. The van der Waals surface area contributed by atoms with Gasteiger partial charge >= 0.3 is 0 Å². The molecule has 2 aliphatic rings. The molecule has 86 valence electrons. The van der Waals surface area contributed by atoms with Crippen molar-refractivity contribution in [2.24, 2.45) is 0 Å². The summed E-state index contributed by atoms with van der Waals surface area (Å²) in [4.78, 5) is 2.57. The number of hydrogen-bond donors (Lipinski definition) is 1. The van der Waals surface area contributed by atoms with Crippen molar-refractivity contribution in [1.82, 2.24) is 10.2 Å². The molecule has 0 amide bonds. The van der Waals surface area contributed by atoms with E-state index in [4.69, 9.17) is 0 Å². The number of fused-ring (bicyclic) bond motifs is 2. The first-order valence-corrected chi connectivity index (χ1v) is 6.36. The number of allylic oxidation sites excluding steroid dienone is 1. The molecule has 0 spiro atoms. The molecule has 2 saturated heterocycles. The van der Waals surface area contributed by atoms with E-state index in [0.717, 1.165) is 24.5 Å². The highest BCUT2D eigenvalue weighted by atomic mass is 15.2. The highest BCUT2D eigenvalue weighted by Crippen LogP contribution is 2.29. The van der Waals surface area contributed by atoms with Crippen molar-refractivity contribution in [3.8, 4) is 0 Å². The molecule has 2 rings (SSSR count). The average molecular weight is 208 g/mol. The third-order valence-corrected chi connectivity index (χ3v) is 3.99. The maximum atomic E-state index is 3.78. The Morgan fingerprint density at radius 2 is 2.00 bits per heavy atom. The van der Waals surface area contributed by atoms with Crippen LogP contribution in [0.5, 0.6) is 0 Å². The summed E-state index contributed by atoms with van der Waals surface area (Å²) in [5.74, 6) is 0.